The highest BCUT2D eigenvalue weighted by atomic mass is 16.5. The maximum atomic E-state index is 12.0. The molecule has 5 nitrogen and oxygen atoms in total. The molecule has 1 unspecified atom stereocenters. The summed E-state index contributed by atoms with van der Waals surface area (Å²) in [6.07, 6.45) is 0.562. The van der Waals surface area contributed by atoms with Gasteiger partial charge in [-0.2, -0.15) is 0 Å². The van der Waals surface area contributed by atoms with E-state index in [9.17, 15) is 9.90 Å². The fraction of sp³-hybridized carbons (Fsp3) is 0.462. The number of methoxy groups -OCH3 is 1. The van der Waals surface area contributed by atoms with E-state index in [4.69, 9.17) is 10.5 Å². The van der Waals surface area contributed by atoms with Crippen LogP contribution in [0.25, 0.3) is 0 Å². The predicted octanol–water partition coefficient (Wildman–Crippen LogP) is 1.17. The van der Waals surface area contributed by atoms with Crippen molar-refractivity contribution < 1.29 is 14.6 Å². The third-order valence-electron chi connectivity index (χ3n) is 2.86. The summed E-state index contributed by atoms with van der Waals surface area (Å²) in [5.41, 5.74) is 5.64. The van der Waals surface area contributed by atoms with Crippen molar-refractivity contribution in [2.75, 3.05) is 19.4 Å². The molecular formula is C13H20N2O3. The zero-order chi connectivity index (χ0) is 13.8. The number of carbonyl (C=O) groups excluding carboxylic acids is 1. The Balaban J connectivity index is 2.79. The number of rotatable bonds is 5. The summed E-state index contributed by atoms with van der Waals surface area (Å²) in [7, 11) is 1.48. The number of ether oxygens (including phenoxy) is 1. The Labute approximate surface area is 107 Å². The zero-order valence-corrected chi connectivity index (χ0v) is 11.0. The molecule has 1 atom stereocenters. The van der Waals surface area contributed by atoms with Crippen LogP contribution in [0.1, 0.15) is 30.6 Å². The summed E-state index contributed by atoms with van der Waals surface area (Å²) in [4.78, 5) is 12.0. The summed E-state index contributed by atoms with van der Waals surface area (Å²) in [5, 5.41) is 12.5. The van der Waals surface area contributed by atoms with Gasteiger partial charge in [-0.25, -0.2) is 0 Å². The molecule has 0 spiro atoms. The molecule has 0 aromatic heterocycles. The highest BCUT2D eigenvalue weighted by molar-refractivity contribution is 5.97. The van der Waals surface area contributed by atoms with Gasteiger partial charge in [0, 0.05) is 18.3 Å². The van der Waals surface area contributed by atoms with Crippen LogP contribution < -0.4 is 15.8 Å². The van der Waals surface area contributed by atoms with Gasteiger partial charge in [0.15, 0.2) is 0 Å². The van der Waals surface area contributed by atoms with Crippen molar-refractivity contribution in [1.82, 2.24) is 5.32 Å². The molecule has 0 fully saturated rings. The van der Waals surface area contributed by atoms with E-state index in [-0.39, 0.29) is 12.5 Å². The van der Waals surface area contributed by atoms with Gasteiger partial charge in [-0.3, -0.25) is 4.79 Å². The van der Waals surface area contributed by atoms with Crippen LogP contribution in [0.5, 0.6) is 5.75 Å². The standard InChI is InChI=1S/C13H20N2O3/c1-4-13(2,17)8-15-12(16)10-6-5-9(14)7-11(10)18-3/h5-7,17H,4,8,14H2,1-3H3,(H,15,16). The number of nitrogens with two attached hydrogens (primary N) is 1. The van der Waals surface area contributed by atoms with Gasteiger partial charge in [0.05, 0.1) is 18.3 Å². The topological polar surface area (TPSA) is 84.6 Å². The lowest BCUT2D eigenvalue weighted by molar-refractivity contribution is 0.0517. The van der Waals surface area contributed by atoms with Crippen LogP contribution in [0, 0.1) is 0 Å². The smallest absolute Gasteiger partial charge is 0.255 e. The van der Waals surface area contributed by atoms with Gasteiger partial charge in [-0.1, -0.05) is 6.92 Å². The van der Waals surface area contributed by atoms with Crippen molar-refractivity contribution >= 4 is 11.6 Å². The molecule has 18 heavy (non-hydrogen) atoms. The van der Waals surface area contributed by atoms with E-state index in [0.717, 1.165) is 0 Å². The van der Waals surface area contributed by atoms with Crippen LogP contribution in [0.2, 0.25) is 0 Å². The van der Waals surface area contributed by atoms with Crippen molar-refractivity contribution in [3.8, 4) is 5.75 Å². The third kappa shape index (κ3) is 3.63. The first-order valence-electron chi connectivity index (χ1n) is 5.83. The number of hydrogen-bond acceptors (Lipinski definition) is 4. The van der Waals surface area contributed by atoms with Crippen LogP contribution in [0.4, 0.5) is 5.69 Å². The lowest BCUT2D eigenvalue weighted by Crippen LogP contribution is -2.40. The molecule has 0 bridgehead atoms. The van der Waals surface area contributed by atoms with Crippen LogP contribution in [-0.4, -0.2) is 30.3 Å². The maximum Gasteiger partial charge on any atom is 0.255 e. The minimum absolute atomic E-state index is 0.190. The van der Waals surface area contributed by atoms with Gasteiger partial charge in [-0.15, -0.1) is 0 Å². The van der Waals surface area contributed by atoms with Gasteiger partial charge in [-0.05, 0) is 25.5 Å². The van der Waals surface area contributed by atoms with E-state index in [1.54, 1.807) is 25.1 Å². The highest BCUT2D eigenvalue weighted by Gasteiger charge is 2.20. The number of benzene rings is 1. The molecule has 100 valence electrons. The van der Waals surface area contributed by atoms with Crippen LogP contribution in [-0.2, 0) is 0 Å². The molecule has 0 saturated heterocycles. The van der Waals surface area contributed by atoms with E-state index in [1.165, 1.54) is 7.11 Å². The fourth-order valence-corrected chi connectivity index (χ4v) is 1.39. The number of hydrogen-bond donors (Lipinski definition) is 3. The van der Waals surface area contributed by atoms with Crippen molar-refractivity contribution in [3.63, 3.8) is 0 Å². The first-order valence-corrected chi connectivity index (χ1v) is 5.83. The summed E-state index contributed by atoms with van der Waals surface area (Å²) >= 11 is 0. The summed E-state index contributed by atoms with van der Waals surface area (Å²) in [6, 6.07) is 4.83. The quantitative estimate of drug-likeness (QED) is 0.687. The molecule has 0 aliphatic rings. The Bertz CT molecular complexity index is 430. The fourth-order valence-electron chi connectivity index (χ4n) is 1.39. The number of carbonyl (C=O) groups is 1. The second kappa shape index (κ2) is 5.73. The predicted molar refractivity (Wildman–Crippen MR) is 70.7 cm³/mol. The van der Waals surface area contributed by atoms with E-state index in [1.807, 2.05) is 6.92 Å². The van der Waals surface area contributed by atoms with Gasteiger partial charge in [0.1, 0.15) is 5.75 Å². The molecule has 1 amide bonds. The number of anilines is 1. The zero-order valence-electron chi connectivity index (χ0n) is 11.0. The number of nitrogen functional groups attached to an aromatic ring is 1. The Morgan fingerprint density at radius 3 is 2.78 bits per heavy atom. The van der Waals surface area contributed by atoms with Gasteiger partial charge < -0.3 is 20.9 Å². The third-order valence-corrected chi connectivity index (χ3v) is 2.86. The first-order chi connectivity index (χ1) is 8.39. The van der Waals surface area contributed by atoms with Gasteiger partial charge >= 0.3 is 0 Å². The molecule has 1 aromatic carbocycles. The minimum atomic E-state index is -0.906. The minimum Gasteiger partial charge on any atom is -0.496 e. The summed E-state index contributed by atoms with van der Waals surface area (Å²) < 4.78 is 5.10. The number of amides is 1. The van der Waals surface area contributed by atoms with Gasteiger partial charge in [0.25, 0.3) is 5.91 Å². The summed E-state index contributed by atoms with van der Waals surface area (Å²) in [6.45, 7) is 3.72. The Morgan fingerprint density at radius 1 is 1.56 bits per heavy atom. The number of nitrogens with one attached hydrogen (secondary N) is 1. The molecule has 0 saturated carbocycles. The number of aliphatic hydroxyl groups is 1. The molecule has 0 aliphatic heterocycles. The van der Waals surface area contributed by atoms with Crippen LogP contribution >= 0.6 is 0 Å². The largest absolute Gasteiger partial charge is 0.496 e. The second-order valence-corrected chi connectivity index (χ2v) is 4.49. The van der Waals surface area contributed by atoms with Crippen molar-refractivity contribution in [2.45, 2.75) is 25.9 Å². The van der Waals surface area contributed by atoms with Crippen LogP contribution in [0.15, 0.2) is 18.2 Å². The van der Waals surface area contributed by atoms with E-state index < -0.39 is 5.60 Å². The molecule has 1 rings (SSSR count). The SMILES string of the molecule is CCC(C)(O)CNC(=O)c1ccc(N)cc1OC. The van der Waals surface area contributed by atoms with E-state index in [0.29, 0.717) is 23.4 Å². The normalized spacial score (nSPS) is 13.8. The summed E-state index contributed by atoms with van der Waals surface area (Å²) in [5.74, 6) is 0.129. The van der Waals surface area contributed by atoms with Crippen molar-refractivity contribution in [3.05, 3.63) is 23.8 Å². The Hall–Kier alpha value is -1.75. The molecule has 0 aliphatic carbocycles. The van der Waals surface area contributed by atoms with E-state index in [2.05, 4.69) is 5.32 Å². The Kier molecular flexibility index (Phi) is 4.55. The molecule has 0 radical (unpaired) electrons. The van der Waals surface area contributed by atoms with Crippen LogP contribution in [0.3, 0.4) is 0 Å². The molecule has 1 aromatic rings. The van der Waals surface area contributed by atoms with Gasteiger partial charge in [0.2, 0.25) is 0 Å². The lowest BCUT2D eigenvalue weighted by atomic mass is 10.0. The molecule has 5 heteroatoms. The monoisotopic (exact) mass is 252 g/mol. The van der Waals surface area contributed by atoms with Crippen molar-refractivity contribution in [2.24, 2.45) is 0 Å². The average molecular weight is 252 g/mol. The Morgan fingerprint density at radius 2 is 2.22 bits per heavy atom. The highest BCUT2D eigenvalue weighted by Crippen LogP contribution is 2.21. The second-order valence-electron chi connectivity index (χ2n) is 4.49. The maximum absolute atomic E-state index is 12.0. The first kappa shape index (κ1) is 14.3. The molecule has 0 heterocycles. The van der Waals surface area contributed by atoms with E-state index >= 15 is 0 Å². The van der Waals surface area contributed by atoms with Crippen molar-refractivity contribution in [1.29, 1.82) is 0 Å². The molecular weight excluding hydrogens is 232 g/mol. The average Bonchev–Trinajstić information content (AvgIpc) is 2.36. The molecule has 4 N–H and O–H groups in total. The lowest BCUT2D eigenvalue weighted by Gasteiger charge is -2.21.